The lowest BCUT2D eigenvalue weighted by molar-refractivity contribution is -0.116. The summed E-state index contributed by atoms with van der Waals surface area (Å²) in [6.45, 7) is 4.06. The predicted octanol–water partition coefficient (Wildman–Crippen LogP) is 4.18. The van der Waals surface area contributed by atoms with Gasteiger partial charge in [0.05, 0.1) is 11.7 Å². The van der Waals surface area contributed by atoms with E-state index in [1.807, 2.05) is 13.0 Å². The van der Waals surface area contributed by atoms with Crippen molar-refractivity contribution < 1.29 is 4.79 Å². The molecule has 2 heterocycles. The van der Waals surface area contributed by atoms with E-state index in [1.165, 1.54) is 15.8 Å². The van der Waals surface area contributed by atoms with Crippen LogP contribution in [0.15, 0.2) is 29.3 Å². The van der Waals surface area contributed by atoms with Gasteiger partial charge < -0.3 is 5.32 Å². The minimum absolute atomic E-state index is 0.0751. The SMILES string of the molecule is Cc1ccc(NC(=O)Cn2cnc3sc4c(c3c2=O)CC[C@H](C)C4)cc1Cl. The first kappa shape index (κ1) is 18.2. The highest BCUT2D eigenvalue weighted by Crippen LogP contribution is 2.35. The fourth-order valence-corrected chi connectivity index (χ4v) is 5.03. The van der Waals surface area contributed by atoms with E-state index in [9.17, 15) is 9.59 Å². The Kier molecular flexibility index (Phi) is 4.78. The quantitative estimate of drug-likeness (QED) is 0.715. The third-order valence-electron chi connectivity index (χ3n) is 5.05. The van der Waals surface area contributed by atoms with Gasteiger partial charge in [0.2, 0.25) is 5.91 Å². The Balaban J connectivity index is 1.60. The van der Waals surface area contributed by atoms with Crippen LogP contribution in [0.3, 0.4) is 0 Å². The molecule has 1 aliphatic carbocycles. The average molecular weight is 402 g/mol. The third-order valence-corrected chi connectivity index (χ3v) is 6.62. The van der Waals surface area contributed by atoms with Gasteiger partial charge in [-0.3, -0.25) is 14.2 Å². The maximum atomic E-state index is 13.0. The van der Waals surface area contributed by atoms with Crippen molar-refractivity contribution in [1.82, 2.24) is 9.55 Å². The van der Waals surface area contributed by atoms with Crippen LogP contribution in [0.25, 0.3) is 10.2 Å². The first-order valence-corrected chi connectivity index (χ1v) is 10.2. The van der Waals surface area contributed by atoms with E-state index in [0.29, 0.717) is 22.0 Å². The van der Waals surface area contributed by atoms with Gasteiger partial charge in [-0.15, -0.1) is 11.3 Å². The smallest absolute Gasteiger partial charge is 0.262 e. The van der Waals surface area contributed by atoms with Crippen molar-refractivity contribution in [1.29, 1.82) is 0 Å². The van der Waals surface area contributed by atoms with Gasteiger partial charge in [-0.1, -0.05) is 24.6 Å². The number of halogens is 1. The van der Waals surface area contributed by atoms with Gasteiger partial charge in [-0.2, -0.15) is 0 Å². The number of aromatic nitrogens is 2. The summed E-state index contributed by atoms with van der Waals surface area (Å²) in [5.74, 6) is 0.357. The van der Waals surface area contributed by atoms with Crippen molar-refractivity contribution in [2.45, 2.75) is 39.7 Å². The molecule has 2 aromatic heterocycles. The second-order valence-corrected chi connectivity index (χ2v) is 8.71. The van der Waals surface area contributed by atoms with E-state index >= 15 is 0 Å². The van der Waals surface area contributed by atoms with Gasteiger partial charge in [0, 0.05) is 15.6 Å². The Morgan fingerprint density at radius 3 is 3.04 bits per heavy atom. The molecule has 5 nitrogen and oxygen atoms in total. The van der Waals surface area contributed by atoms with Crippen LogP contribution >= 0.6 is 22.9 Å². The van der Waals surface area contributed by atoms with Crippen LogP contribution in [0, 0.1) is 12.8 Å². The van der Waals surface area contributed by atoms with Gasteiger partial charge in [-0.25, -0.2) is 4.98 Å². The van der Waals surface area contributed by atoms with Gasteiger partial charge in [0.1, 0.15) is 11.4 Å². The number of hydrogen-bond donors (Lipinski definition) is 1. The van der Waals surface area contributed by atoms with Gasteiger partial charge in [0.15, 0.2) is 0 Å². The molecule has 4 rings (SSSR count). The van der Waals surface area contributed by atoms with Crippen LogP contribution in [0.2, 0.25) is 5.02 Å². The first-order valence-electron chi connectivity index (χ1n) is 8.98. The summed E-state index contributed by atoms with van der Waals surface area (Å²) in [5, 5.41) is 4.07. The number of aryl methyl sites for hydroxylation is 2. The summed E-state index contributed by atoms with van der Waals surface area (Å²) in [4.78, 5) is 31.8. The number of carbonyl (C=O) groups is 1. The maximum absolute atomic E-state index is 13.0. The fraction of sp³-hybridized carbons (Fsp3) is 0.350. The highest BCUT2D eigenvalue weighted by molar-refractivity contribution is 7.18. The number of amides is 1. The Hall–Kier alpha value is -2.18. The molecule has 0 fully saturated rings. The summed E-state index contributed by atoms with van der Waals surface area (Å²) in [7, 11) is 0. The maximum Gasteiger partial charge on any atom is 0.262 e. The molecule has 7 heteroatoms. The molecule has 0 aliphatic heterocycles. The topological polar surface area (TPSA) is 64.0 Å². The molecule has 0 spiro atoms. The van der Waals surface area contributed by atoms with Crippen LogP contribution in [0.4, 0.5) is 5.69 Å². The minimum atomic E-state index is -0.282. The largest absolute Gasteiger partial charge is 0.324 e. The lowest BCUT2D eigenvalue weighted by atomic mass is 9.89. The average Bonchev–Trinajstić information content (AvgIpc) is 2.98. The van der Waals surface area contributed by atoms with Crippen molar-refractivity contribution in [2.24, 2.45) is 5.92 Å². The zero-order valence-electron chi connectivity index (χ0n) is 15.2. The van der Waals surface area contributed by atoms with Crippen LogP contribution in [-0.4, -0.2) is 15.5 Å². The minimum Gasteiger partial charge on any atom is -0.324 e. The molecule has 1 aliphatic rings. The van der Waals surface area contributed by atoms with E-state index in [0.717, 1.165) is 35.2 Å². The van der Waals surface area contributed by atoms with Gasteiger partial charge in [-0.05, 0) is 55.4 Å². The van der Waals surface area contributed by atoms with Crippen molar-refractivity contribution in [3.63, 3.8) is 0 Å². The molecule has 1 aromatic carbocycles. The molecule has 1 N–H and O–H groups in total. The van der Waals surface area contributed by atoms with Crippen LogP contribution in [-0.2, 0) is 24.2 Å². The molecule has 1 atom stereocenters. The Morgan fingerprint density at radius 1 is 1.44 bits per heavy atom. The number of rotatable bonds is 3. The summed E-state index contributed by atoms with van der Waals surface area (Å²) in [6.07, 6.45) is 4.47. The molecule has 0 saturated carbocycles. The highest BCUT2D eigenvalue weighted by Gasteiger charge is 2.23. The van der Waals surface area contributed by atoms with Crippen LogP contribution in [0.5, 0.6) is 0 Å². The molecule has 0 saturated heterocycles. The second kappa shape index (κ2) is 7.09. The number of nitrogens with zero attached hydrogens (tertiary/aromatic N) is 2. The summed E-state index contributed by atoms with van der Waals surface area (Å²) < 4.78 is 1.39. The molecule has 0 unspecified atom stereocenters. The molecule has 3 aromatic rings. The molecular formula is C20H20ClN3O2S. The molecule has 27 heavy (non-hydrogen) atoms. The number of thiophene rings is 1. The summed E-state index contributed by atoms with van der Waals surface area (Å²) in [6, 6.07) is 5.34. The first-order chi connectivity index (χ1) is 12.9. The van der Waals surface area contributed by atoms with E-state index in [1.54, 1.807) is 23.5 Å². The normalized spacial score (nSPS) is 16.3. The summed E-state index contributed by atoms with van der Waals surface area (Å²) in [5.41, 5.74) is 2.55. The molecule has 1 amide bonds. The lowest BCUT2D eigenvalue weighted by Crippen LogP contribution is -2.28. The zero-order chi connectivity index (χ0) is 19.1. The fourth-order valence-electron chi connectivity index (χ4n) is 3.50. The van der Waals surface area contributed by atoms with E-state index in [4.69, 9.17) is 11.6 Å². The molecular weight excluding hydrogens is 382 g/mol. The Bertz CT molecular complexity index is 1100. The number of hydrogen-bond acceptors (Lipinski definition) is 4. The zero-order valence-corrected chi connectivity index (χ0v) is 16.8. The lowest BCUT2D eigenvalue weighted by Gasteiger charge is -2.17. The van der Waals surface area contributed by atoms with E-state index < -0.39 is 0 Å². The van der Waals surface area contributed by atoms with Gasteiger partial charge in [0.25, 0.3) is 5.56 Å². The van der Waals surface area contributed by atoms with E-state index in [2.05, 4.69) is 17.2 Å². The van der Waals surface area contributed by atoms with E-state index in [-0.39, 0.29) is 18.0 Å². The number of benzene rings is 1. The van der Waals surface area contributed by atoms with Gasteiger partial charge >= 0.3 is 0 Å². The van der Waals surface area contributed by atoms with Crippen LogP contribution < -0.4 is 10.9 Å². The van der Waals surface area contributed by atoms with Crippen molar-refractivity contribution in [2.75, 3.05) is 5.32 Å². The molecule has 0 radical (unpaired) electrons. The van der Waals surface area contributed by atoms with Crippen molar-refractivity contribution in [3.8, 4) is 0 Å². The number of anilines is 1. The predicted molar refractivity (Wildman–Crippen MR) is 110 cm³/mol. The molecule has 0 bridgehead atoms. The van der Waals surface area contributed by atoms with Crippen molar-refractivity contribution >= 4 is 44.7 Å². The highest BCUT2D eigenvalue weighted by atomic mass is 35.5. The Labute approximate surface area is 166 Å². The van der Waals surface area contributed by atoms with Crippen LogP contribution in [0.1, 0.15) is 29.3 Å². The number of fused-ring (bicyclic) bond motifs is 3. The number of nitrogens with one attached hydrogen (secondary N) is 1. The second-order valence-electron chi connectivity index (χ2n) is 7.22. The number of carbonyl (C=O) groups excluding carboxylic acids is 1. The van der Waals surface area contributed by atoms with Crippen molar-refractivity contribution in [3.05, 3.63) is 55.9 Å². The third kappa shape index (κ3) is 3.51. The summed E-state index contributed by atoms with van der Waals surface area (Å²) >= 11 is 7.71. The Morgan fingerprint density at radius 2 is 2.26 bits per heavy atom. The monoisotopic (exact) mass is 401 g/mol. The standard InChI is InChI=1S/C20H20ClN3O2S/c1-11-3-6-14-16(7-11)27-19-18(14)20(26)24(10-22-19)9-17(25)23-13-5-4-12(2)15(21)8-13/h4-5,8,10-11H,3,6-7,9H2,1-2H3,(H,23,25)/t11-/m0/s1. The molecule has 140 valence electrons.